The first kappa shape index (κ1) is 12.4. The summed E-state index contributed by atoms with van der Waals surface area (Å²) >= 11 is 3.32. The Morgan fingerprint density at radius 1 is 1.40 bits per heavy atom. The Morgan fingerprint density at radius 2 is 2.07 bits per heavy atom. The van der Waals surface area contributed by atoms with Crippen molar-refractivity contribution in [2.45, 2.75) is 27.7 Å². The van der Waals surface area contributed by atoms with Gasteiger partial charge in [-0.2, -0.15) is 0 Å². The van der Waals surface area contributed by atoms with Crippen LogP contribution in [-0.4, -0.2) is 16.5 Å². The minimum atomic E-state index is 0.261. The molecule has 84 valence electrons. The summed E-state index contributed by atoms with van der Waals surface area (Å²) in [5.74, 6) is 1.50. The van der Waals surface area contributed by atoms with E-state index in [4.69, 9.17) is 0 Å². The quantitative estimate of drug-likeness (QED) is 0.854. The zero-order valence-electron chi connectivity index (χ0n) is 9.71. The fourth-order valence-electron chi connectivity index (χ4n) is 0.953. The first-order valence-corrected chi connectivity index (χ1v) is 5.92. The fourth-order valence-corrected chi connectivity index (χ4v) is 1.26. The van der Waals surface area contributed by atoms with Crippen LogP contribution in [0.15, 0.2) is 17.0 Å². The predicted molar refractivity (Wildman–Crippen MR) is 66.8 cm³/mol. The molecule has 0 radical (unpaired) electrons. The highest BCUT2D eigenvalue weighted by Gasteiger charge is 2.21. The molecule has 3 nitrogen and oxygen atoms in total. The third-order valence-electron chi connectivity index (χ3n) is 2.92. The fraction of sp³-hybridized carbons (Fsp3) is 0.636. The van der Waals surface area contributed by atoms with E-state index in [-0.39, 0.29) is 5.41 Å². The number of anilines is 1. The molecule has 0 atom stereocenters. The summed E-state index contributed by atoms with van der Waals surface area (Å²) in [6.07, 6.45) is 1.55. The van der Waals surface area contributed by atoms with Crippen molar-refractivity contribution in [2.75, 3.05) is 11.9 Å². The largest absolute Gasteiger partial charge is 0.369 e. The van der Waals surface area contributed by atoms with E-state index in [9.17, 15) is 0 Å². The van der Waals surface area contributed by atoms with Crippen molar-refractivity contribution < 1.29 is 0 Å². The molecule has 0 aromatic carbocycles. The first-order chi connectivity index (χ1) is 6.92. The van der Waals surface area contributed by atoms with Crippen LogP contribution in [0.3, 0.4) is 0 Å². The van der Waals surface area contributed by atoms with Gasteiger partial charge in [-0.15, -0.1) is 0 Å². The van der Waals surface area contributed by atoms with Crippen LogP contribution in [-0.2, 0) is 0 Å². The zero-order valence-corrected chi connectivity index (χ0v) is 11.3. The molecule has 0 saturated carbocycles. The van der Waals surface area contributed by atoms with Gasteiger partial charge in [-0.05, 0) is 27.3 Å². The van der Waals surface area contributed by atoms with Crippen molar-refractivity contribution in [3.63, 3.8) is 0 Å². The molecule has 1 heterocycles. The van der Waals surface area contributed by atoms with Gasteiger partial charge < -0.3 is 5.32 Å². The Labute approximate surface area is 99.8 Å². The first-order valence-electron chi connectivity index (χ1n) is 5.13. The van der Waals surface area contributed by atoms with Crippen LogP contribution < -0.4 is 5.32 Å². The molecule has 4 heteroatoms. The molecule has 0 bridgehead atoms. The van der Waals surface area contributed by atoms with Gasteiger partial charge in [0, 0.05) is 12.6 Å². The highest BCUT2D eigenvalue weighted by atomic mass is 79.9. The lowest BCUT2D eigenvalue weighted by molar-refractivity contribution is 0.269. The van der Waals surface area contributed by atoms with Gasteiger partial charge in [0.2, 0.25) is 0 Å². The van der Waals surface area contributed by atoms with Crippen LogP contribution in [0.25, 0.3) is 0 Å². The Morgan fingerprint density at radius 3 is 2.60 bits per heavy atom. The molecule has 0 amide bonds. The van der Waals surface area contributed by atoms with Crippen LogP contribution in [0.4, 0.5) is 5.82 Å². The minimum Gasteiger partial charge on any atom is -0.369 e. The van der Waals surface area contributed by atoms with Gasteiger partial charge >= 0.3 is 0 Å². The summed E-state index contributed by atoms with van der Waals surface area (Å²) in [5, 5.41) is 3.33. The maximum Gasteiger partial charge on any atom is 0.130 e. The summed E-state index contributed by atoms with van der Waals surface area (Å²) in [5.41, 5.74) is 0.261. The number of rotatable bonds is 4. The van der Waals surface area contributed by atoms with E-state index in [2.05, 4.69) is 58.9 Å². The zero-order chi connectivity index (χ0) is 11.5. The van der Waals surface area contributed by atoms with Gasteiger partial charge in [-0.3, -0.25) is 0 Å². The second-order valence-corrected chi connectivity index (χ2v) is 5.54. The van der Waals surface area contributed by atoms with Gasteiger partial charge in [0.25, 0.3) is 0 Å². The van der Waals surface area contributed by atoms with E-state index in [0.717, 1.165) is 17.0 Å². The van der Waals surface area contributed by atoms with E-state index in [1.54, 1.807) is 6.33 Å². The highest BCUT2D eigenvalue weighted by molar-refractivity contribution is 9.10. The lowest BCUT2D eigenvalue weighted by Gasteiger charge is -2.29. The molecule has 0 aliphatic carbocycles. The van der Waals surface area contributed by atoms with Crippen molar-refractivity contribution in [1.29, 1.82) is 0 Å². The monoisotopic (exact) mass is 271 g/mol. The lowest BCUT2D eigenvalue weighted by Crippen LogP contribution is -2.28. The lowest BCUT2D eigenvalue weighted by atomic mass is 9.81. The van der Waals surface area contributed by atoms with Crippen LogP contribution in [0.5, 0.6) is 0 Å². The van der Waals surface area contributed by atoms with Gasteiger partial charge in [-0.25, -0.2) is 9.97 Å². The molecule has 1 rings (SSSR count). The normalized spacial score (nSPS) is 11.9. The molecule has 1 aromatic rings. The summed E-state index contributed by atoms with van der Waals surface area (Å²) in [7, 11) is 0. The van der Waals surface area contributed by atoms with Gasteiger partial charge in [0.15, 0.2) is 0 Å². The molecule has 15 heavy (non-hydrogen) atoms. The molecule has 0 saturated heterocycles. The van der Waals surface area contributed by atoms with Crippen molar-refractivity contribution >= 4 is 21.7 Å². The second-order valence-electron chi connectivity index (χ2n) is 4.72. The second kappa shape index (κ2) is 4.92. The molecule has 0 spiro atoms. The van der Waals surface area contributed by atoms with Gasteiger partial charge in [0.05, 0.1) is 0 Å². The summed E-state index contributed by atoms with van der Waals surface area (Å²) in [6.45, 7) is 9.88. The Balaban J connectivity index is 2.57. The van der Waals surface area contributed by atoms with E-state index < -0.39 is 0 Å². The number of halogens is 1. The third-order valence-corrected chi connectivity index (χ3v) is 3.36. The van der Waals surface area contributed by atoms with Crippen LogP contribution in [0.1, 0.15) is 27.7 Å². The number of nitrogens with zero attached hydrogens (tertiary/aromatic N) is 2. The number of nitrogens with one attached hydrogen (secondary N) is 1. The van der Waals surface area contributed by atoms with Crippen molar-refractivity contribution in [3.05, 3.63) is 17.0 Å². The maximum atomic E-state index is 4.15. The predicted octanol–water partition coefficient (Wildman–Crippen LogP) is 3.33. The SMILES string of the molecule is CC(C)C(C)(C)CNc1cc(Br)ncn1. The van der Waals surface area contributed by atoms with Crippen LogP contribution >= 0.6 is 15.9 Å². The average Bonchev–Trinajstić information content (AvgIpc) is 2.15. The maximum absolute atomic E-state index is 4.15. The van der Waals surface area contributed by atoms with Crippen LogP contribution in [0, 0.1) is 11.3 Å². The highest BCUT2D eigenvalue weighted by Crippen LogP contribution is 2.26. The minimum absolute atomic E-state index is 0.261. The average molecular weight is 272 g/mol. The van der Waals surface area contributed by atoms with E-state index >= 15 is 0 Å². The van der Waals surface area contributed by atoms with Gasteiger partial charge in [0.1, 0.15) is 16.7 Å². The molecule has 0 unspecified atom stereocenters. The molecule has 0 fully saturated rings. The Bertz CT molecular complexity index is 323. The number of hydrogen-bond donors (Lipinski definition) is 1. The standard InChI is InChI=1S/C11H18BrN3/c1-8(2)11(3,4)6-13-10-5-9(12)14-7-15-10/h5,7-8H,6H2,1-4H3,(H,13,14,15). The molecular weight excluding hydrogens is 254 g/mol. The molecule has 1 aromatic heterocycles. The summed E-state index contributed by atoms with van der Waals surface area (Å²) in [6, 6.07) is 1.89. The third kappa shape index (κ3) is 3.78. The molecule has 0 aliphatic heterocycles. The number of aromatic nitrogens is 2. The van der Waals surface area contributed by atoms with Crippen molar-refractivity contribution in [3.8, 4) is 0 Å². The van der Waals surface area contributed by atoms with Crippen molar-refractivity contribution in [2.24, 2.45) is 11.3 Å². The molecular formula is C11H18BrN3. The van der Waals surface area contributed by atoms with E-state index in [1.807, 2.05) is 6.07 Å². The number of hydrogen-bond acceptors (Lipinski definition) is 3. The van der Waals surface area contributed by atoms with E-state index in [1.165, 1.54) is 0 Å². The summed E-state index contributed by atoms with van der Waals surface area (Å²) in [4.78, 5) is 8.13. The molecule has 1 N–H and O–H groups in total. The van der Waals surface area contributed by atoms with Crippen molar-refractivity contribution in [1.82, 2.24) is 9.97 Å². The Kier molecular flexibility index (Phi) is 4.08. The summed E-state index contributed by atoms with van der Waals surface area (Å²) < 4.78 is 0.808. The topological polar surface area (TPSA) is 37.8 Å². The smallest absolute Gasteiger partial charge is 0.130 e. The van der Waals surface area contributed by atoms with Gasteiger partial charge in [-0.1, -0.05) is 27.7 Å². The Hall–Kier alpha value is -0.640. The van der Waals surface area contributed by atoms with E-state index in [0.29, 0.717) is 5.92 Å². The van der Waals surface area contributed by atoms with Crippen LogP contribution in [0.2, 0.25) is 0 Å². The molecule has 0 aliphatic rings.